The third-order valence-electron chi connectivity index (χ3n) is 6.01. The summed E-state index contributed by atoms with van der Waals surface area (Å²) in [5.41, 5.74) is 5.58. The summed E-state index contributed by atoms with van der Waals surface area (Å²) < 4.78 is 8.10. The average Bonchev–Trinajstić information content (AvgIpc) is 3.59. The van der Waals surface area contributed by atoms with Crippen LogP contribution in [0.5, 0.6) is 0 Å². The number of fused-ring (bicyclic) bond motifs is 1. The molecule has 34 heavy (non-hydrogen) atoms. The summed E-state index contributed by atoms with van der Waals surface area (Å²) in [6.07, 6.45) is 5.20. The first-order valence-electron chi connectivity index (χ1n) is 11.4. The molecule has 0 fully saturated rings. The van der Waals surface area contributed by atoms with E-state index in [1.165, 1.54) is 0 Å². The quantitative estimate of drug-likeness (QED) is 0.308. The highest BCUT2D eigenvalue weighted by molar-refractivity contribution is 6.30. The van der Waals surface area contributed by atoms with Crippen molar-refractivity contribution in [3.63, 3.8) is 0 Å². The summed E-state index contributed by atoms with van der Waals surface area (Å²) in [5, 5.41) is 25.5. The van der Waals surface area contributed by atoms with Gasteiger partial charge < -0.3 is 14.1 Å². The Labute approximate surface area is 201 Å². The number of hydrogen-bond acceptors (Lipinski definition) is 6. The van der Waals surface area contributed by atoms with E-state index in [0.29, 0.717) is 23.9 Å². The first-order valence-corrected chi connectivity index (χ1v) is 11.7. The fourth-order valence-corrected chi connectivity index (χ4v) is 4.61. The van der Waals surface area contributed by atoms with Gasteiger partial charge in [-0.3, -0.25) is 0 Å². The van der Waals surface area contributed by atoms with Gasteiger partial charge in [-0.25, -0.2) is 4.98 Å². The molecule has 2 aromatic carbocycles. The molecule has 3 aromatic heterocycles. The molecule has 3 heterocycles. The number of H-pyrrole nitrogens is 1. The van der Waals surface area contributed by atoms with Crippen molar-refractivity contribution in [1.82, 2.24) is 30.2 Å². The van der Waals surface area contributed by atoms with Gasteiger partial charge in [0.05, 0.1) is 18.5 Å². The van der Waals surface area contributed by atoms with E-state index < -0.39 is 0 Å². The van der Waals surface area contributed by atoms with Gasteiger partial charge in [0.1, 0.15) is 11.4 Å². The number of rotatable bonds is 9. The maximum Gasteiger partial charge on any atom is 0.205 e. The van der Waals surface area contributed by atoms with Crippen molar-refractivity contribution in [1.29, 1.82) is 0 Å². The molecule has 8 nitrogen and oxygen atoms in total. The van der Waals surface area contributed by atoms with Gasteiger partial charge in [-0.15, -0.1) is 10.2 Å². The summed E-state index contributed by atoms with van der Waals surface area (Å²) in [5.74, 6) is 1.49. The van der Waals surface area contributed by atoms with Crippen molar-refractivity contribution in [3.05, 3.63) is 71.0 Å². The summed E-state index contributed by atoms with van der Waals surface area (Å²) in [4.78, 5) is 4.58. The highest BCUT2D eigenvalue weighted by atomic mass is 35.5. The Morgan fingerprint density at radius 3 is 2.74 bits per heavy atom. The third-order valence-corrected chi connectivity index (χ3v) is 6.32. The predicted molar refractivity (Wildman–Crippen MR) is 131 cm³/mol. The zero-order chi connectivity index (χ0) is 23.5. The highest BCUT2D eigenvalue weighted by Crippen LogP contribution is 2.33. The van der Waals surface area contributed by atoms with E-state index >= 15 is 0 Å². The SMILES string of the molecule is CCCCc1nc(Cl)c(CCO)n1Cc1coc2cc(-c3ccccc3-c3nn[nH]n3)ccc12. The number of nitrogens with one attached hydrogen (secondary N) is 1. The molecule has 0 aliphatic heterocycles. The van der Waals surface area contributed by atoms with Gasteiger partial charge in [0, 0.05) is 36.0 Å². The van der Waals surface area contributed by atoms with Crippen LogP contribution in [-0.4, -0.2) is 41.9 Å². The van der Waals surface area contributed by atoms with Crippen LogP contribution < -0.4 is 0 Å². The minimum Gasteiger partial charge on any atom is -0.464 e. The zero-order valence-electron chi connectivity index (χ0n) is 18.8. The minimum atomic E-state index is 0.0217. The van der Waals surface area contributed by atoms with Crippen LogP contribution in [0, 0.1) is 0 Å². The van der Waals surface area contributed by atoms with Crippen LogP contribution in [0.25, 0.3) is 33.5 Å². The van der Waals surface area contributed by atoms with Gasteiger partial charge in [0.25, 0.3) is 0 Å². The molecule has 0 aliphatic rings. The van der Waals surface area contributed by atoms with Crippen molar-refractivity contribution in [2.75, 3.05) is 6.61 Å². The van der Waals surface area contributed by atoms with Crippen LogP contribution in [0.4, 0.5) is 0 Å². The lowest BCUT2D eigenvalue weighted by atomic mass is 9.98. The third kappa shape index (κ3) is 4.22. The largest absolute Gasteiger partial charge is 0.464 e. The number of halogens is 1. The molecule has 9 heteroatoms. The minimum absolute atomic E-state index is 0.0217. The number of aromatic amines is 1. The van der Waals surface area contributed by atoms with Gasteiger partial charge >= 0.3 is 0 Å². The van der Waals surface area contributed by atoms with Gasteiger partial charge in [-0.1, -0.05) is 61.3 Å². The summed E-state index contributed by atoms with van der Waals surface area (Å²) >= 11 is 6.43. The second-order valence-electron chi connectivity index (χ2n) is 8.18. The number of hydrogen-bond donors (Lipinski definition) is 2. The fraction of sp³-hybridized carbons (Fsp3) is 0.280. The summed E-state index contributed by atoms with van der Waals surface area (Å²) in [6, 6.07) is 14.1. The Hall–Kier alpha value is -3.49. The first-order chi connectivity index (χ1) is 16.7. The Morgan fingerprint density at radius 2 is 1.97 bits per heavy atom. The molecule has 174 valence electrons. The Bertz CT molecular complexity index is 1410. The molecule has 0 spiro atoms. The van der Waals surface area contributed by atoms with Gasteiger partial charge in [-0.2, -0.15) is 5.21 Å². The van der Waals surface area contributed by atoms with E-state index in [1.54, 1.807) is 6.26 Å². The van der Waals surface area contributed by atoms with Crippen molar-refractivity contribution in [2.45, 2.75) is 39.2 Å². The maximum absolute atomic E-state index is 9.55. The lowest BCUT2D eigenvalue weighted by Gasteiger charge is -2.11. The number of aliphatic hydroxyl groups excluding tert-OH is 1. The second kappa shape index (κ2) is 9.79. The smallest absolute Gasteiger partial charge is 0.205 e. The monoisotopic (exact) mass is 476 g/mol. The molecular formula is C25H25ClN6O2. The van der Waals surface area contributed by atoms with Gasteiger partial charge in [0.15, 0.2) is 5.15 Å². The van der Waals surface area contributed by atoms with Crippen molar-refractivity contribution >= 4 is 22.6 Å². The van der Waals surface area contributed by atoms with E-state index in [2.05, 4.69) is 49.2 Å². The fourth-order valence-electron chi connectivity index (χ4n) is 4.31. The molecule has 2 N–H and O–H groups in total. The van der Waals surface area contributed by atoms with Crippen LogP contribution in [0.1, 0.15) is 36.8 Å². The lowest BCUT2D eigenvalue weighted by Crippen LogP contribution is -2.10. The second-order valence-corrected chi connectivity index (χ2v) is 8.54. The van der Waals surface area contributed by atoms with E-state index in [0.717, 1.165) is 64.0 Å². The average molecular weight is 477 g/mol. The van der Waals surface area contributed by atoms with E-state index in [9.17, 15) is 5.11 Å². The molecule has 0 bridgehead atoms. The zero-order valence-corrected chi connectivity index (χ0v) is 19.6. The highest BCUT2D eigenvalue weighted by Gasteiger charge is 2.18. The summed E-state index contributed by atoms with van der Waals surface area (Å²) in [6.45, 7) is 2.76. The number of aryl methyl sites for hydroxylation is 1. The maximum atomic E-state index is 9.55. The normalized spacial score (nSPS) is 11.5. The number of benzene rings is 2. The molecule has 0 saturated heterocycles. The molecule has 0 radical (unpaired) electrons. The standard InChI is InChI=1S/C25H25ClN6O2/c1-2-3-8-23-27-24(26)21(11-12-33)32(23)14-17-15-34-22-13-16(9-10-19(17)22)18-6-4-5-7-20(18)25-28-30-31-29-25/h4-7,9-10,13,15,33H,2-3,8,11-12,14H2,1H3,(H,28,29,30,31). The Kier molecular flexibility index (Phi) is 6.42. The number of unbranched alkanes of at least 4 members (excludes halogenated alkanes) is 1. The van der Waals surface area contributed by atoms with E-state index in [4.69, 9.17) is 16.0 Å². The number of aliphatic hydroxyl groups is 1. The van der Waals surface area contributed by atoms with Crippen molar-refractivity contribution in [2.24, 2.45) is 0 Å². The number of furan rings is 1. The van der Waals surface area contributed by atoms with Crippen LogP contribution in [0.15, 0.2) is 53.1 Å². The molecule has 0 saturated carbocycles. The topological polar surface area (TPSA) is 106 Å². The molecular weight excluding hydrogens is 452 g/mol. The van der Waals surface area contributed by atoms with Crippen LogP contribution in [0.2, 0.25) is 5.15 Å². The molecule has 0 unspecified atom stereocenters. The Balaban J connectivity index is 1.51. The molecule has 0 amide bonds. The number of nitrogens with zero attached hydrogens (tertiary/aromatic N) is 5. The first kappa shape index (κ1) is 22.3. The number of imidazole rings is 1. The molecule has 5 aromatic rings. The molecule has 0 atom stereocenters. The van der Waals surface area contributed by atoms with Crippen molar-refractivity contribution in [3.8, 4) is 22.5 Å². The number of tetrazole rings is 1. The molecule has 0 aliphatic carbocycles. The van der Waals surface area contributed by atoms with Gasteiger partial charge in [-0.05, 0) is 28.8 Å². The van der Waals surface area contributed by atoms with Crippen LogP contribution in [0.3, 0.4) is 0 Å². The Morgan fingerprint density at radius 1 is 1.12 bits per heavy atom. The predicted octanol–water partition coefficient (Wildman–Crippen LogP) is 5.06. The van der Waals surface area contributed by atoms with Crippen LogP contribution in [-0.2, 0) is 19.4 Å². The van der Waals surface area contributed by atoms with E-state index in [-0.39, 0.29) is 6.61 Å². The molecule has 5 rings (SSSR count). The lowest BCUT2D eigenvalue weighted by molar-refractivity contribution is 0.296. The summed E-state index contributed by atoms with van der Waals surface area (Å²) in [7, 11) is 0. The van der Waals surface area contributed by atoms with E-state index in [1.807, 2.05) is 30.3 Å². The van der Waals surface area contributed by atoms with Gasteiger partial charge in [0.2, 0.25) is 5.82 Å². The van der Waals surface area contributed by atoms with Crippen LogP contribution >= 0.6 is 11.6 Å². The van der Waals surface area contributed by atoms with Crippen molar-refractivity contribution < 1.29 is 9.52 Å². The number of aromatic nitrogens is 6.